The number of nitrogens with zero attached hydrogens (tertiary/aromatic N) is 3. The number of hydrogen-bond acceptors (Lipinski definition) is 4. The van der Waals surface area contributed by atoms with Gasteiger partial charge in [-0.05, 0) is 49.1 Å². The molecule has 0 radical (unpaired) electrons. The van der Waals surface area contributed by atoms with Gasteiger partial charge in [-0.2, -0.15) is 0 Å². The molecule has 0 aliphatic carbocycles. The maximum Gasteiger partial charge on any atom is 0.137 e. The van der Waals surface area contributed by atoms with E-state index in [4.69, 9.17) is 4.99 Å². The molecular weight excluding hydrogens is 410 g/mol. The minimum Gasteiger partial charge on any atom is -0.353 e. The van der Waals surface area contributed by atoms with Crippen molar-refractivity contribution in [3.63, 3.8) is 0 Å². The van der Waals surface area contributed by atoms with Crippen LogP contribution >= 0.6 is 11.3 Å². The molecule has 0 spiro atoms. The van der Waals surface area contributed by atoms with Crippen LogP contribution in [0.1, 0.15) is 52.6 Å². The summed E-state index contributed by atoms with van der Waals surface area (Å²) in [7, 11) is 2.28. The topological polar surface area (TPSA) is 18.8 Å². The van der Waals surface area contributed by atoms with Crippen molar-refractivity contribution in [2.45, 2.75) is 45.1 Å². The van der Waals surface area contributed by atoms with Crippen molar-refractivity contribution in [1.29, 1.82) is 0 Å². The van der Waals surface area contributed by atoms with Crippen molar-refractivity contribution in [2.24, 2.45) is 4.99 Å². The molecule has 32 heavy (non-hydrogen) atoms. The third kappa shape index (κ3) is 4.39. The average Bonchev–Trinajstić information content (AvgIpc) is 3.16. The Labute approximate surface area is 196 Å². The normalized spacial score (nSPS) is 18.8. The highest BCUT2D eigenvalue weighted by Gasteiger charge is 2.30. The first kappa shape index (κ1) is 21.4. The molecule has 0 amide bonds. The maximum atomic E-state index is 5.29. The molecule has 4 heteroatoms. The lowest BCUT2D eigenvalue weighted by Gasteiger charge is -2.41. The number of benzene rings is 2. The van der Waals surface area contributed by atoms with Crippen molar-refractivity contribution in [2.75, 3.05) is 26.7 Å². The van der Waals surface area contributed by atoms with E-state index in [2.05, 4.69) is 91.4 Å². The fraction of sp³-hybridized carbons (Fsp3) is 0.393. The van der Waals surface area contributed by atoms with Crippen LogP contribution in [0.5, 0.6) is 0 Å². The lowest BCUT2D eigenvalue weighted by molar-refractivity contribution is 0.134. The van der Waals surface area contributed by atoms with Gasteiger partial charge in [-0.15, -0.1) is 11.3 Å². The molecule has 0 N–H and O–H groups in total. The largest absolute Gasteiger partial charge is 0.353 e. The summed E-state index contributed by atoms with van der Waals surface area (Å²) in [5, 5.41) is 0. The second-order valence-electron chi connectivity index (χ2n) is 9.49. The summed E-state index contributed by atoms with van der Waals surface area (Å²) in [5.74, 6) is 1.74. The van der Waals surface area contributed by atoms with Gasteiger partial charge < -0.3 is 4.90 Å². The molecular formula is C28H33N3S. The number of piperazine rings is 1. The van der Waals surface area contributed by atoms with Gasteiger partial charge in [-0.25, -0.2) is 4.99 Å². The molecule has 3 heterocycles. The molecule has 1 atom stereocenters. The predicted octanol–water partition coefficient (Wildman–Crippen LogP) is 6.10. The van der Waals surface area contributed by atoms with E-state index < -0.39 is 0 Å². The van der Waals surface area contributed by atoms with Crippen molar-refractivity contribution in [3.8, 4) is 0 Å². The smallest absolute Gasteiger partial charge is 0.137 e. The zero-order valence-electron chi connectivity index (χ0n) is 19.4. The Morgan fingerprint density at radius 3 is 2.62 bits per heavy atom. The van der Waals surface area contributed by atoms with E-state index in [1.807, 2.05) is 11.3 Å². The van der Waals surface area contributed by atoms with Gasteiger partial charge >= 0.3 is 0 Å². The van der Waals surface area contributed by atoms with E-state index in [0.717, 1.165) is 38.2 Å². The van der Waals surface area contributed by atoms with Crippen molar-refractivity contribution in [3.05, 3.63) is 87.1 Å². The zero-order valence-corrected chi connectivity index (χ0v) is 20.2. The van der Waals surface area contributed by atoms with E-state index in [1.54, 1.807) is 0 Å². The lowest BCUT2D eigenvalue weighted by Crippen LogP contribution is -2.53. The summed E-state index contributed by atoms with van der Waals surface area (Å²) in [4.78, 5) is 13.3. The average molecular weight is 444 g/mol. The Kier molecular flexibility index (Phi) is 6.16. The quantitative estimate of drug-likeness (QED) is 0.485. The summed E-state index contributed by atoms with van der Waals surface area (Å²) < 4.78 is 0. The van der Waals surface area contributed by atoms with Crippen molar-refractivity contribution < 1.29 is 0 Å². The maximum absolute atomic E-state index is 5.29. The fourth-order valence-corrected chi connectivity index (χ4v) is 6.03. The number of rotatable bonds is 4. The van der Waals surface area contributed by atoms with Crippen LogP contribution < -0.4 is 0 Å². The van der Waals surface area contributed by atoms with Gasteiger partial charge in [-0.1, -0.05) is 62.4 Å². The molecule has 3 nitrogen and oxygen atoms in total. The first-order chi connectivity index (χ1) is 15.6. The van der Waals surface area contributed by atoms with Gasteiger partial charge in [0.2, 0.25) is 0 Å². The van der Waals surface area contributed by atoms with Crippen LogP contribution in [0.2, 0.25) is 0 Å². The number of thiophene rings is 1. The minimum atomic E-state index is 0.539. The van der Waals surface area contributed by atoms with Crippen LogP contribution in [-0.2, 0) is 12.8 Å². The van der Waals surface area contributed by atoms with Crippen LogP contribution in [0.25, 0.3) is 0 Å². The second kappa shape index (κ2) is 9.21. The highest BCUT2D eigenvalue weighted by Crippen LogP contribution is 2.37. The molecule has 166 valence electrons. The van der Waals surface area contributed by atoms with E-state index in [9.17, 15) is 0 Å². The second-order valence-corrected chi connectivity index (χ2v) is 10.7. The number of para-hydroxylation sites is 1. The number of aryl methyl sites for hydroxylation is 1. The monoisotopic (exact) mass is 443 g/mol. The minimum absolute atomic E-state index is 0.539. The summed E-state index contributed by atoms with van der Waals surface area (Å²) >= 11 is 1.98. The number of aliphatic imine (C=N–C) groups is 1. The van der Waals surface area contributed by atoms with Gasteiger partial charge in [0.05, 0.1) is 5.69 Å². The van der Waals surface area contributed by atoms with Crippen LogP contribution in [-0.4, -0.2) is 48.4 Å². The van der Waals surface area contributed by atoms with Gasteiger partial charge in [-0.3, -0.25) is 4.90 Å². The van der Waals surface area contributed by atoms with E-state index >= 15 is 0 Å². The molecule has 2 aliphatic rings. The van der Waals surface area contributed by atoms with Gasteiger partial charge in [0.25, 0.3) is 0 Å². The standard InChI is InChI=1S/C28H33N3S/c1-20(2)26-18-24-27(32-26)17-22-11-7-8-12-25(22)29-28(24)31-16-15-30(3)23(19-31)14-13-21-9-5-4-6-10-21/h4-12,18,20,23H,13-17,19H2,1-3H3/t23-/m0/s1. The van der Waals surface area contributed by atoms with Crippen LogP contribution in [0.4, 0.5) is 5.69 Å². The molecule has 0 unspecified atom stereocenters. The Bertz CT molecular complexity index is 1100. The molecule has 0 bridgehead atoms. The highest BCUT2D eigenvalue weighted by atomic mass is 32.1. The zero-order chi connectivity index (χ0) is 22.1. The molecule has 3 aromatic rings. The number of likely N-dealkylation sites (N-methyl/N-ethyl adjacent to an activating group) is 1. The Morgan fingerprint density at radius 1 is 1.03 bits per heavy atom. The fourth-order valence-electron chi connectivity index (χ4n) is 4.84. The van der Waals surface area contributed by atoms with Gasteiger partial charge in [0.15, 0.2) is 0 Å². The summed E-state index contributed by atoms with van der Waals surface area (Å²) in [6, 6.07) is 22.5. The van der Waals surface area contributed by atoms with Crippen LogP contribution in [0, 0.1) is 0 Å². The number of hydrogen-bond donors (Lipinski definition) is 0. The molecule has 0 saturated carbocycles. The Hall–Kier alpha value is -2.43. The third-order valence-corrected chi connectivity index (χ3v) is 8.33. The van der Waals surface area contributed by atoms with Gasteiger partial charge in [0, 0.05) is 47.4 Å². The third-order valence-electron chi connectivity index (χ3n) is 6.89. The van der Waals surface area contributed by atoms with Crippen molar-refractivity contribution >= 4 is 22.9 Å². The molecule has 2 aliphatic heterocycles. The SMILES string of the molecule is CC(C)c1cc2c(s1)Cc1ccccc1N=C2N1CCN(C)[C@@H](CCc2ccccc2)C1. The van der Waals surface area contributed by atoms with Gasteiger partial charge in [0.1, 0.15) is 5.84 Å². The highest BCUT2D eigenvalue weighted by molar-refractivity contribution is 7.12. The Balaban J connectivity index is 1.44. The number of fused-ring (bicyclic) bond motifs is 2. The molecule has 1 fully saturated rings. The van der Waals surface area contributed by atoms with Crippen molar-refractivity contribution in [1.82, 2.24) is 9.80 Å². The van der Waals surface area contributed by atoms with E-state index in [-0.39, 0.29) is 0 Å². The van der Waals surface area contributed by atoms with E-state index in [0.29, 0.717) is 12.0 Å². The summed E-state index contributed by atoms with van der Waals surface area (Å²) in [5.41, 5.74) is 5.27. The first-order valence-corrected chi connectivity index (χ1v) is 12.7. The molecule has 5 rings (SSSR count). The molecule has 2 aromatic carbocycles. The predicted molar refractivity (Wildman–Crippen MR) is 137 cm³/mol. The summed E-state index contributed by atoms with van der Waals surface area (Å²) in [6.45, 7) is 7.75. The lowest BCUT2D eigenvalue weighted by atomic mass is 10.0. The first-order valence-electron chi connectivity index (χ1n) is 11.9. The van der Waals surface area contributed by atoms with Crippen LogP contribution in [0.3, 0.4) is 0 Å². The molecule has 1 saturated heterocycles. The van der Waals surface area contributed by atoms with E-state index in [1.165, 1.54) is 38.7 Å². The molecule has 1 aromatic heterocycles. The Morgan fingerprint density at radius 2 is 1.81 bits per heavy atom. The number of amidine groups is 1. The van der Waals surface area contributed by atoms with Crippen LogP contribution in [0.15, 0.2) is 65.7 Å². The summed E-state index contributed by atoms with van der Waals surface area (Å²) in [6.07, 6.45) is 3.29.